The standard InChI is InChI=1S/C11H15BrN2/c1-8-11(12)9(2)14(13-8)10-6-4-3-5-7-10/h4,6,10H,3,5,7H2,1-2H3. The number of allylic oxidation sites excluding steroid dienone is 2. The minimum atomic E-state index is 0.466. The number of aromatic nitrogens is 2. The largest absolute Gasteiger partial charge is 0.262 e. The van der Waals surface area contributed by atoms with Crippen LogP contribution < -0.4 is 0 Å². The molecular weight excluding hydrogens is 240 g/mol. The van der Waals surface area contributed by atoms with Gasteiger partial charge in [-0.3, -0.25) is 4.68 Å². The highest BCUT2D eigenvalue weighted by Gasteiger charge is 2.16. The number of hydrogen-bond acceptors (Lipinski definition) is 1. The first kappa shape index (κ1) is 9.97. The minimum absolute atomic E-state index is 0.466. The quantitative estimate of drug-likeness (QED) is 0.702. The summed E-state index contributed by atoms with van der Waals surface area (Å²) in [5.41, 5.74) is 2.32. The zero-order valence-electron chi connectivity index (χ0n) is 8.63. The maximum absolute atomic E-state index is 4.55. The molecular formula is C11H15BrN2. The fourth-order valence-corrected chi connectivity index (χ4v) is 2.22. The van der Waals surface area contributed by atoms with Crippen LogP contribution in [0.5, 0.6) is 0 Å². The number of aryl methyl sites for hydroxylation is 1. The molecule has 1 aromatic rings. The van der Waals surface area contributed by atoms with Gasteiger partial charge in [0.2, 0.25) is 0 Å². The van der Waals surface area contributed by atoms with E-state index in [2.05, 4.69) is 44.8 Å². The number of rotatable bonds is 1. The Balaban J connectivity index is 2.35. The Morgan fingerprint density at radius 3 is 2.79 bits per heavy atom. The first-order valence-corrected chi connectivity index (χ1v) is 5.87. The van der Waals surface area contributed by atoms with Gasteiger partial charge in [-0.25, -0.2) is 0 Å². The Bertz CT molecular complexity index is 366. The van der Waals surface area contributed by atoms with Crippen molar-refractivity contribution in [2.45, 2.75) is 39.2 Å². The highest BCUT2D eigenvalue weighted by molar-refractivity contribution is 9.10. The van der Waals surface area contributed by atoms with E-state index in [9.17, 15) is 0 Å². The normalized spacial score (nSPS) is 21.5. The predicted molar refractivity (Wildman–Crippen MR) is 61.4 cm³/mol. The Hall–Kier alpha value is -0.570. The van der Waals surface area contributed by atoms with E-state index < -0.39 is 0 Å². The van der Waals surface area contributed by atoms with Crippen molar-refractivity contribution in [3.63, 3.8) is 0 Å². The molecule has 1 aromatic heterocycles. The molecule has 1 aliphatic carbocycles. The van der Waals surface area contributed by atoms with Gasteiger partial charge in [0.1, 0.15) is 0 Å². The van der Waals surface area contributed by atoms with Crippen LogP contribution in [0.1, 0.15) is 36.7 Å². The van der Waals surface area contributed by atoms with Crippen LogP contribution in [0, 0.1) is 13.8 Å². The van der Waals surface area contributed by atoms with Crippen molar-refractivity contribution in [3.05, 3.63) is 28.0 Å². The molecule has 1 unspecified atom stereocenters. The van der Waals surface area contributed by atoms with Crippen LogP contribution in [0.25, 0.3) is 0 Å². The molecule has 0 aliphatic heterocycles. The molecule has 0 saturated carbocycles. The fourth-order valence-electron chi connectivity index (χ4n) is 1.96. The fraction of sp³-hybridized carbons (Fsp3) is 0.545. The maximum Gasteiger partial charge on any atom is 0.0738 e. The summed E-state index contributed by atoms with van der Waals surface area (Å²) < 4.78 is 3.28. The van der Waals surface area contributed by atoms with Gasteiger partial charge in [-0.2, -0.15) is 5.10 Å². The van der Waals surface area contributed by atoms with Crippen LogP contribution >= 0.6 is 15.9 Å². The Kier molecular flexibility index (Phi) is 2.77. The Labute approximate surface area is 93.1 Å². The van der Waals surface area contributed by atoms with E-state index in [0.717, 1.165) is 10.2 Å². The van der Waals surface area contributed by atoms with Gasteiger partial charge in [-0.1, -0.05) is 12.2 Å². The third kappa shape index (κ3) is 1.65. The van der Waals surface area contributed by atoms with E-state index in [4.69, 9.17) is 0 Å². The van der Waals surface area contributed by atoms with Crippen molar-refractivity contribution >= 4 is 15.9 Å². The summed E-state index contributed by atoms with van der Waals surface area (Å²) in [7, 11) is 0. The monoisotopic (exact) mass is 254 g/mol. The van der Waals surface area contributed by atoms with E-state index in [1.165, 1.54) is 25.0 Å². The van der Waals surface area contributed by atoms with Crippen LogP contribution in [-0.2, 0) is 0 Å². The molecule has 1 aliphatic rings. The zero-order chi connectivity index (χ0) is 10.1. The molecule has 0 aromatic carbocycles. The second kappa shape index (κ2) is 3.89. The maximum atomic E-state index is 4.55. The Morgan fingerprint density at radius 1 is 1.50 bits per heavy atom. The van der Waals surface area contributed by atoms with Gasteiger partial charge in [0, 0.05) is 0 Å². The van der Waals surface area contributed by atoms with E-state index >= 15 is 0 Å². The first-order valence-electron chi connectivity index (χ1n) is 5.08. The van der Waals surface area contributed by atoms with Crippen LogP contribution in [0.15, 0.2) is 16.6 Å². The molecule has 0 N–H and O–H groups in total. The number of halogens is 1. The van der Waals surface area contributed by atoms with Gasteiger partial charge in [0.25, 0.3) is 0 Å². The molecule has 3 heteroatoms. The highest BCUT2D eigenvalue weighted by Crippen LogP contribution is 2.27. The lowest BCUT2D eigenvalue weighted by atomic mass is 10.0. The molecule has 2 rings (SSSR count). The van der Waals surface area contributed by atoms with E-state index in [1.54, 1.807) is 0 Å². The number of hydrogen-bond donors (Lipinski definition) is 0. The molecule has 1 atom stereocenters. The molecule has 0 spiro atoms. The van der Waals surface area contributed by atoms with Crippen molar-refractivity contribution in [1.82, 2.24) is 9.78 Å². The SMILES string of the molecule is Cc1nn(C2C=CCCC2)c(C)c1Br. The molecule has 76 valence electrons. The van der Waals surface area contributed by atoms with Crippen molar-refractivity contribution in [3.8, 4) is 0 Å². The van der Waals surface area contributed by atoms with Crippen molar-refractivity contribution < 1.29 is 0 Å². The van der Waals surface area contributed by atoms with Crippen molar-refractivity contribution in [2.75, 3.05) is 0 Å². The van der Waals surface area contributed by atoms with E-state index in [1.807, 2.05) is 6.92 Å². The molecule has 14 heavy (non-hydrogen) atoms. The van der Waals surface area contributed by atoms with Gasteiger partial charge in [0.05, 0.1) is 21.9 Å². The first-order chi connectivity index (χ1) is 6.70. The second-order valence-electron chi connectivity index (χ2n) is 3.86. The van der Waals surface area contributed by atoms with Gasteiger partial charge in [-0.15, -0.1) is 0 Å². The van der Waals surface area contributed by atoms with E-state index in [0.29, 0.717) is 6.04 Å². The van der Waals surface area contributed by atoms with Gasteiger partial charge >= 0.3 is 0 Å². The summed E-state index contributed by atoms with van der Waals surface area (Å²) in [5, 5.41) is 4.55. The van der Waals surface area contributed by atoms with Gasteiger partial charge < -0.3 is 0 Å². The predicted octanol–water partition coefficient (Wildman–Crippen LogP) is 3.54. The van der Waals surface area contributed by atoms with Crippen LogP contribution in [0.4, 0.5) is 0 Å². The molecule has 2 nitrogen and oxygen atoms in total. The van der Waals surface area contributed by atoms with Crippen molar-refractivity contribution in [2.24, 2.45) is 0 Å². The summed E-state index contributed by atoms with van der Waals surface area (Å²) in [6, 6.07) is 0.466. The average Bonchev–Trinajstić information content (AvgIpc) is 2.47. The lowest BCUT2D eigenvalue weighted by molar-refractivity contribution is 0.463. The Morgan fingerprint density at radius 2 is 2.29 bits per heavy atom. The summed E-state index contributed by atoms with van der Waals surface area (Å²) in [6.45, 7) is 4.16. The van der Waals surface area contributed by atoms with Crippen LogP contribution in [0.3, 0.4) is 0 Å². The summed E-state index contributed by atoms with van der Waals surface area (Å²) in [5.74, 6) is 0. The minimum Gasteiger partial charge on any atom is -0.262 e. The van der Waals surface area contributed by atoms with Crippen LogP contribution in [-0.4, -0.2) is 9.78 Å². The summed E-state index contributed by atoms with van der Waals surface area (Å²) in [6.07, 6.45) is 8.24. The topological polar surface area (TPSA) is 17.8 Å². The molecule has 0 fully saturated rings. The lowest BCUT2D eigenvalue weighted by Gasteiger charge is -2.18. The lowest BCUT2D eigenvalue weighted by Crippen LogP contribution is -2.12. The highest BCUT2D eigenvalue weighted by atomic mass is 79.9. The molecule has 0 amide bonds. The molecule has 1 heterocycles. The summed E-state index contributed by atoms with van der Waals surface area (Å²) in [4.78, 5) is 0. The third-order valence-electron chi connectivity index (χ3n) is 2.78. The smallest absolute Gasteiger partial charge is 0.0738 e. The number of nitrogens with zero attached hydrogens (tertiary/aromatic N) is 2. The molecule has 0 bridgehead atoms. The van der Waals surface area contributed by atoms with Crippen molar-refractivity contribution in [1.29, 1.82) is 0 Å². The van der Waals surface area contributed by atoms with Crippen LogP contribution in [0.2, 0.25) is 0 Å². The second-order valence-corrected chi connectivity index (χ2v) is 4.65. The third-order valence-corrected chi connectivity index (χ3v) is 3.93. The van der Waals surface area contributed by atoms with E-state index in [-0.39, 0.29) is 0 Å². The van der Waals surface area contributed by atoms with Gasteiger partial charge in [0.15, 0.2) is 0 Å². The molecule has 0 saturated heterocycles. The average molecular weight is 255 g/mol. The van der Waals surface area contributed by atoms with Gasteiger partial charge in [-0.05, 0) is 49.0 Å². The zero-order valence-corrected chi connectivity index (χ0v) is 10.2. The summed E-state index contributed by atoms with van der Waals surface area (Å²) >= 11 is 3.56. The molecule has 0 radical (unpaired) electrons.